The van der Waals surface area contributed by atoms with E-state index in [0.717, 1.165) is 36.5 Å². The van der Waals surface area contributed by atoms with Gasteiger partial charge in [0.25, 0.3) is 0 Å². The Labute approximate surface area is 126 Å². The van der Waals surface area contributed by atoms with Crippen LogP contribution in [-0.2, 0) is 6.54 Å². The molecule has 2 rings (SSSR count). The van der Waals surface area contributed by atoms with Crippen molar-refractivity contribution in [3.05, 3.63) is 17.5 Å². The van der Waals surface area contributed by atoms with Crippen LogP contribution in [0.15, 0.2) is 6.20 Å². The average Bonchev–Trinajstić information content (AvgIpc) is 2.46. The molecule has 1 N–H and O–H groups in total. The summed E-state index contributed by atoms with van der Waals surface area (Å²) >= 11 is 2.07. The average molecular weight is 294 g/mol. The molecule has 0 aromatic carbocycles. The van der Waals surface area contributed by atoms with Gasteiger partial charge in [-0.2, -0.15) is 11.8 Å². The fourth-order valence-corrected chi connectivity index (χ4v) is 3.45. The van der Waals surface area contributed by atoms with Crippen molar-refractivity contribution in [2.24, 2.45) is 0 Å². The van der Waals surface area contributed by atoms with E-state index in [2.05, 4.69) is 54.7 Å². The van der Waals surface area contributed by atoms with Crippen LogP contribution in [0.25, 0.3) is 0 Å². The fourth-order valence-electron chi connectivity index (χ4n) is 2.27. The monoisotopic (exact) mass is 294 g/mol. The molecule has 1 atom stereocenters. The number of rotatable bonds is 5. The molecule has 112 valence electrons. The first-order chi connectivity index (χ1) is 9.60. The fraction of sp³-hybridized carbons (Fsp3) is 0.733. The summed E-state index contributed by atoms with van der Waals surface area (Å²) in [5.41, 5.74) is 2.29. The first-order valence-electron chi connectivity index (χ1n) is 7.52. The minimum Gasteiger partial charge on any atom is -0.339 e. The summed E-state index contributed by atoms with van der Waals surface area (Å²) in [7, 11) is 0. The summed E-state index contributed by atoms with van der Waals surface area (Å²) in [6.07, 6.45) is 3.20. The Hall–Kier alpha value is -0.810. The Morgan fingerprint density at radius 1 is 1.50 bits per heavy atom. The normalized spacial score (nSPS) is 19.6. The van der Waals surface area contributed by atoms with Crippen molar-refractivity contribution in [1.82, 2.24) is 15.3 Å². The van der Waals surface area contributed by atoms with E-state index in [0.29, 0.717) is 6.04 Å². The van der Waals surface area contributed by atoms with Crippen molar-refractivity contribution in [3.63, 3.8) is 0 Å². The second-order valence-electron chi connectivity index (χ2n) is 5.66. The Kier molecular flexibility index (Phi) is 5.66. The van der Waals surface area contributed by atoms with Gasteiger partial charge in [-0.3, -0.25) is 0 Å². The number of anilines is 1. The summed E-state index contributed by atoms with van der Waals surface area (Å²) in [4.78, 5) is 11.6. The Balaban J connectivity index is 2.04. The lowest BCUT2D eigenvalue weighted by Gasteiger charge is -2.32. The van der Waals surface area contributed by atoms with E-state index in [1.54, 1.807) is 0 Å². The van der Waals surface area contributed by atoms with Gasteiger partial charge < -0.3 is 10.2 Å². The van der Waals surface area contributed by atoms with Crippen molar-refractivity contribution >= 4 is 17.7 Å². The zero-order valence-corrected chi connectivity index (χ0v) is 13.8. The van der Waals surface area contributed by atoms with Crippen molar-refractivity contribution in [2.75, 3.05) is 23.7 Å². The number of nitrogens with zero attached hydrogens (tertiary/aromatic N) is 3. The molecule has 1 fully saturated rings. The van der Waals surface area contributed by atoms with Gasteiger partial charge >= 0.3 is 0 Å². The summed E-state index contributed by atoms with van der Waals surface area (Å²) in [5, 5.41) is 4.14. The lowest BCUT2D eigenvalue weighted by atomic mass is 10.2. The molecule has 20 heavy (non-hydrogen) atoms. The quantitative estimate of drug-likeness (QED) is 0.904. The molecule has 1 saturated heterocycles. The maximum Gasteiger partial charge on any atom is 0.225 e. The zero-order valence-electron chi connectivity index (χ0n) is 13.0. The van der Waals surface area contributed by atoms with Gasteiger partial charge in [0.1, 0.15) is 0 Å². The van der Waals surface area contributed by atoms with Crippen LogP contribution in [0.4, 0.5) is 5.95 Å². The maximum absolute atomic E-state index is 4.71. The number of nitrogens with one attached hydrogen (secondary N) is 1. The summed E-state index contributed by atoms with van der Waals surface area (Å²) in [6, 6.07) is 0.485. The van der Waals surface area contributed by atoms with Crippen LogP contribution in [0.3, 0.4) is 0 Å². The molecular weight excluding hydrogens is 268 g/mol. The van der Waals surface area contributed by atoms with E-state index >= 15 is 0 Å². The molecule has 0 aliphatic carbocycles. The standard InChI is InChI=1S/C15H26N4S/c1-5-14-10-19(6-7-20-14)15-17-9-13(12(4)18-15)8-16-11(2)3/h9,11,14,16H,5-8,10H2,1-4H3. The molecule has 5 heteroatoms. The molecular formula is C15H26N4S. The van der Waals surface area contributed by atoms with Crippen molar-refractivity contribution in [3.8, 4) is 0 Å². The topological polar surface area (TPSA) is 41.1 Å². The Bertz CT molecular complexity index is 436. The van der Waals surface area contributed by atoms with Crippen molar-refractivity contribution < 1.29 is 0 Å². The number of aromatic nitrogens is 2. The van der Waals surface area contributed by atoms with E-state index in [1.165, 1.54) is 17.7 Å². The van der Waals surface area contributed by atoms with E-state index in [9.17, 15) is 0 Å². The van der Waals surface area contributed by atoms with Gasteiger partial charge in [-0.05, 0) is 13.3 Å². The first-order valence-corrected chi connectivity index (χ1v) is 8.57. The molecule has 0 radical (unpaired) electrons. The third kappa shape index (κ3) is 4.09. The molecule has 1 aromatic heterocycles. The largest absolute Gasteiger partial charge is 0.339 e. The van der Waals surface area contributed by atoms with Crippen LogP contribution in [0.5, 0.6) is 0 Å². The molecule has 4 nitrogen and oxygen atoms in total. The summed E-state index contributed by atoms with van der Waals surface area (Å²) < 4.78 is 0. The third-order valence-corrected chi connectivity index (χ3v) is 5.02. The van der Waals surface area contributed by atoms with Gasteiger partial charge in [-0.1, -0.05) is 20.8 Å². The van der Waals surface area contributed by atoms with Gasteiger partial charge in [-0.15, -0.1) is 0 Å². The molecule has 0 amide bonds. The summed E-state index contributed by atoms with van der Waals surface area (Å²) in [5.74, 6) is 2.08. The molecule has 0 bridgehead atoms. The van der Waals surface area contributed by atoms with Crippen LogP contribution in [0.1, 0.15) is 38.4 Å². The molecule has 1 aliphatic rings. The molecule has 1 unspecified atom stereocenters. The highest BCUT2D eigenvalue weighted by Crippen LogP contribution is 2.24. The first kappa shape index (κ1) is 15.6. The third-order valence-electron chi connectivity index (χ3n) is 3.65. The van der Waals surface area contributed by atoms with Crippen LogP contribution in [0.2, 0.25) is 0 Å². The van der Waals surface area contributed by atoms with Crippen LogP contribution in [-0.4, -0.2) is 40.1 Å². The molecule has 1 aromatic rings. The number of thioether (sulfide) groups is 1. The smallest absolute Gasteiger partial charge is 0.225 e. The van der Waals surface area contributed by atoms with Crippen LogP contribution < -0.4 is 10.2 Å². The summed E-state index contributed by atoms with van der Waals surface area (Å²) in [6.45, 7) is 11.6. The highest BCUT2D eigenvalue weighted by Gasteiger charge is 2.21. The van der Waals surface area contributed by atoms with Crippen molar-refractivity contribution in [2.45, 2.75) is 52.0 Å². The van der Waals surface area contributed by atoms with Gasteiger partial charge in [-0.25, -0.2) is 9.97 Å². The Morgan fingerprint density at radius 3 is 2.95 bits per heavy atom. The number of aryl methyl sites for hydroxylation is 1. The SMILES string of the molecule is CCC1CN(c2ncc(CNC(C)C)c(C)n2)CCS1. The number of hydrogen-bond acceptors (Lipinski definition) is 5. The van der Waals surface area contributed by atoms with Crippen LogP contribution >= 0.6 is 11.8 Å². The molecule has 2 heterocycles. The van der Waals surface area contributed by atoms with Gasteiger partial charge in [0.2, 0.25) is 5.95 Å². The number of hydrogen-bond donors (Lipinski definition) is 1. The van der Waals surface area contributed by atoms with Gasteiger partial charge in [0, 0.05) is 54.1 Å². The zero-order chi connectivity index (χ0) is 14.5. The lowest BCUT2D eigenvalue weighted by molar-refractivity contribution is 0.584. The van der Waals surface area contributed by atoms with Crippen LogP contribution in [0, 0.1) is 6.92 Å². The molecule has 0 saturated carbocycles. The molecule has 0 spiro atoms. The lowest BCUT2D eigenvalue weighted by Crippen LogP contribution is -2.38. The minimum atomic E-state index is 0.485. The van der Waals surface area contributed by atoms with Gasteiger partial charge in [0.05, 0.1) is 0 Å². The minimum absolute atomic E-state index is 0.485. The van der Waals surface area contributed by atoms with E-state index in [4.69, 9.17) is 4.98 Å². The van der Waals surface area contributed by atoms with E-state index in [-0.39, 0.29) is 0 Å². The highest BCUT2D eigenvalue weighted by atomic mass is 32.2. The highest BCUT2D eigenvalue weighted by molar-refractivity contribution is 8.00. The van der Waals surface area contributed by atoms with E-state index in [1.807, 2.05) is 6.20 Å². The van der Waals surface area contributed by atoms with Gasteiger partial charge in [0.15, 0.2) is 0 Å². The second-order valence-corrected chi connectivity index (χ2v) is 7.07. The van der Waals surface area contributed by atoms with Crippen molar-refractivity contribution in [1.29, 1.82) is 0 Å². The Morgan fingerprint density at radius 2 is 2.30 bits per heavy atom. The molecule has 1 aliphatic heterocycles. The predicted octanol–water partition coefficient (Wildman–Crippen LogP) is 2.61. The maximum atomic E-state index is 4.71. The second kappa shape index (κ2) is 7.27. The van der Waals surface area contributed by atoms with E-state index < -0.39 is 0 Å². The predicted molar refractivity (Wildman–Crippen MR) is 87.5 cm³/mol.